The van der Waals surface area contributed by atoms with Crippen LogP contribution < -0.4 is 10.6 Å². The zero-order chi connectivity index (χ0) is 12.1. The van der Waals surface area contributed by atoms with Crippen LogP contribution in [0.5, 0.6) is 0 Å². The second-order valence-corrected chi connectivity index (χ2v) is 4.97. The molecule has 0 saturated heterocycles. The number of nitrogens with zero attached hydrogens (tertiary/aromatic N) is 2. The second kappa shape index (κ2) is 6.01. The van der Waals surface area contributed by atoms with Gasteiger partial charge in [-0.15, -0.1) is 0 Å². The van der Waals surface area contributed by atoms with Crippen LogP contribution in [0.15, 0.2) is 18.3 Å². The largest absolute Gasteiger partial charge is 0.354 e. The van der Waals surface area contributed by atoms with Gasteiger partial charge >= 0.3 is 0 Å². The summed E-state index contributed by atoms with van der Waals surface area (Å²) < 4.78 is 0. The third kappa shape index (κ3) is 3.19. The SMILES string of the molecule is Cc1ccnc(N(CCCN)C2CCCC2)c1. The molecule has 0 aliphatic heterocycles. The molecule has 1 aliphatic carbocycles. The summed E-state index contributed by atoms with van der Waals surface area (Å²) in [6, 6.07) is 4.92. The lowest BCUT2D eigenvalue weighted by Crippen LogP contribution is -2.35. The highest BCUT2D eigenvalue weighted by Gasteiger charge is 2.23. The van der Waals surface area contributed by atoms with Crippen LogP contribution in [0.4, 0.5) is 5.82 Å². The van der Waals surface area contributed by atoms with Gasteiger partial charge in [0.2, 0.25) is 0 Å². The van der Waals surface area contributed by atoms with Gasteiger partial charge in [0.25, 0.3) is 0 Å². The lowest BCUT2D eigenvalue weighted by molar-refractivity contribution is 0.587. The van der Waals surface area contributed by atoms with Crippen molar-refractivity contribution in [2.24, 2.45) is 5.73 Å². The molecule has 0 spiro atoms. The minimum absolute atomic E-state index is 0.677. The van der Waals surface area contributed by atoms with E-state index in [1.54, 1.807) is 0 Å². The number of rotatable bonds is 5. The molecule has 0 radical (unpaired) electrons. The Morgan fingerprint density at radius 3 is 2.82 bits per heavy atom. The molecule has 0 aromatic carbocycles. The number of hydrogen-bond donors (Lipinski definition) is 1. The van der Waals surface area contributed by atoms with Crippen LogP contribution >= 0.6 is 0 Å². The quantitative estimate of drug-likeness (QED) is 0.849. The Morgan fingerprint density at radius 2 is 2.18 bits per heavy atom. The van der Waals surface area contributed by atoms with E-state index in [9.17, 15) is 0 Å². The van der Waals surface area contributed by atoms with Crippen molar-refractivity contribution >= 4 is 5.82 Å². The standard InChI is InChI=1S/C14H23N3/c1-12-7-9-16-14(11-12)17(10-4-8-15)13-5-2-3-6-13/h7,9,11,13H,2-6,8,10,15H2,1H3. The summed E-state index contributed by atoms with van der Waals surface area (Å²) in [5, 5.41) is 0. The van der Waals surface area contributed by atoms with Crippen molar-refractivity contribution in [1.29, 1.82) is 0 Å². The van der Waals surface area contributed by atoms with Crippen LogP contribution in [-0.2, 0) is 0 Å². The fourth-order valence-corrected chi connectivity index (χ4v) is 2.64. The van der Waals surface area contributed by atoms with E-state index in [2.05, 4.69) is 28.9 Å². The Kier molecular flexibility index (Phi) is 4.37. The van der Waals surface area contributed by atoms with Crippen molar-refractivity contribution in [3.8, 4) is 0 Å². The maximum absolute atomic E-state index is 5.64. The smallest absolute Gasteiger partial charge is 0.128 e. The first kappa shape index (κ1) is 12.4. The lowest BCUT2D eigenvalue weighted by Gasteiger charge is -2.30. The average molecular weight is 233 g/mol. The minimum Gasteiger partial charge on any atom is -0.354 e. The van der Waals surface area contributed by atoms with Gasteiger partial charge in [-0.1, -0.05) is 12.8 Å². The number of aromatic nitrogens is 1. The lowest BCUT2D eigenvalue weighted by atomic mass is 10.2. The molecule has 17 heavy (non-hydrogen) atoms. The molecular weight excluding hydrogens is 210 g/mol. The van der Waals surface area contributed by atoms with E-state index in [0.29, 0.717) is 6.04 Å². The molecular formula is C14H23N3. The predicted octanol–water partition coefficient (Wildman–Crippen LogP) is 2.49. The Bertz CT molecular complexity index is 345. The molecule has 3 nitrogen and oxygen atoms in total. The van der Waals surface area contributed by atoms with E-state index < -0.39 is 0 Å². The van der Waals surface area contributed by atoms with Crippen molar-refractivity contribution < 1.29 is 0 Å². The fraction of sp³-hybridized carbons (Fsp3) is 0.643. The van der Waals surface area contributed by atoms with Gasteiger partial charge in [-0.25, -0.2) is 4.98 Å². The molecule has 3 heteroatoms. The number of pyridine rings is 1. The minimum atomic E-state index is 0.677. The Balaban J connectivity index is 2.13. The normalized spacial score (nSPS) is 16.4. The van der Waals surface area contributed by atoms with E-state index in [1.807, 2.05) is 6.20 Å². The molecule has 1 aromatic heterocycles. The molecule has 94 valence electrons. The van der Waals surface area contributed by atoms with E-state index >= 15 is 0 Å². The molecule has 1 saturated carbocycles. The van der Waals surface area contributed by atoms with Crippen molar-refractivity contribution in [3.63, 3.8) is 0 Å². The molecule has 1 aromatic rings. The van der Waals surface area contributed by atoms with E-state index in [4.69, 9.17) is 5.73 Å². The number of aryl methyl sites for hydroxylation is 1. The van der Waals surface area contributed by atoms with Crippen LogP contribution in [-0.4, -0.2) is 24.1 Å². The van der Waals surface area contributed by atoms with E-state index in [1.165, 1.54) is 31.2 Å². The summed E-state index contributed by atoms with van der Waals surface area (Å²) in [5.74, 6) is 1.13. The number of hydrogen-bond acceptors (Lipinski definition) is 3. The van der Waals surface area contributed by atoms with Crippen molar-refractivity contribution in [3.05, 3.63) is 23.9 Å². The number of anilines is 1. The maximum atomic E-state index is 5.64. The van der Waals surface area contributed by atoms with Gasteiger partial charge in [0.05, 0.1) is 0 Å². The van der Waals surface area contributed by atoms with Crippen LogP contribution in [0.1, 0.15) is 37.7 Å². The van der Waals surface area contributed by atoms with Crippen LogP contribution in [0.25, 0.3) is 0 Å². The molecule has 1 fully saturated rings. The first-order valence-corrected chi connectivity index (χ1v) is 6.70. The topological polar surface area (TPSA) is 42.2 Å². The van der Waals surface area contributed by atoms with E-state index in [0.717, 1.165) is 25.3 Å². The maximum Gasteiger partial charge on any atom is 0.128 e. The van der Waals surface area contributed by atoms with Crippen molar-refractivity contribution in [2.75, 3.05) is 18.0 Å². The summed E-state index contributed by atoms with van der Waals surface area (Å²) in [6.45, 7) is 3.92. The molecule has 0 atom stereocenters. The molecule has 2 N–H and O–H groups in total. The Hall–Kier alpha value is -1.09. The summed E-state index contributed by atoms with van der Waals surface area (Å²) in [4.78, 5) is 6.99. The zero-order valence-electron chi connectivity index (χ0n) is 10.7. The van der Waals surface area contributed by atoms with Crippen molar-refractivity contribution in [2.45, 2.75) is 45.1 Å². The highest BCUT2D eigenvalue weighted by molar-refractivity contribution is 5.42. The highest BCUT2D eigenvalue weighted by Crippen LogP contribution is 2.27. The summed E-state index contributed by atoms with van der Waals surface area (Å²) in [5.41, 5.74) is 6.92. The molecule has 0 amide bonds. The van der Waals surface area contributed by atoms with Crippen molar-refractivity contribution in [1.82, 2.24) is 4.98 Å². The van der Waals surface area contributed by atoms with Crippen LogP contribution in [0, 0.1) is 6.92 Å². The van der Waals surface area contributed by atoms with Gasteiger partial charge in [-0.3, -0.25) is 0 Å². The Labute approximate surface area is 104 Å². The van der Waals surface area contributed by atoms with Crippen LogP contribution in [0.2, 0.25) is 0 Å². The van der Waals surface area contributed by atoms with Gasteiger partial charge in [0.15, 0.2) is 0 Å². The first-order chi connectivity index (χ1) is 8.31. The third-order valence-electron chi connectivity index (χ3n) is 3.56. The molecule has 2 rings (SSSR count). The van der Waals surface area contributed by atoms with Gasteiger partial charge < -0.3 is 10.6 Å². The molecule has 0 unspecified atom stereocenters. The summed E-state index contributed by atoms with van der Waals surface area (Å²) in [6.07, 6.45) is 8.28. The first-order valence-electron chi connectivity index (χ1n) is 6.70. The monoisotopic (exact) mass is 233 g/mol. The van der Waals surface area contributed by atoms with Gasteiger partial charge in [-0.2, -0.15) is 0 Å². The Morgan fingerprint density at radius 1 is 1.41 bits per heavy atom. The average Bonchev–Trinajstić information content (AvgIpc) is 2.83. The number of nitrogens with two attached hydrogens (primary N) is 1. The molecule has 1 heterocycles. The summed E-state index contributed by atoms with van der Waals surface area (Å²) >= 11 is 0. The predicted molar refractivity (Wildman–Crippen MR) is 72.2 cm³/mol. The highest BCUT2D eigenvalue weighted by atomic mass is 15.2. The van der Waals surface area contributed by atoms with Gasteiger partial charge in [0, 0.05) is 18.8 Å². The third-order valence-corrected chi connectivity index (χ3v) is 3.56. The van der Waals surface area contributed by atoms with Crippen LogP contribution in [0.3, 0.4) is 0 Å². The van der Waals surface area contributed by atoms with E-state index in [-0.39, 0.29) is 0 Å². The molecule has 1 aliphatic rings. The second-order valence-electron chi connectivity index (χ2n) is 4.97. The molecule has 0 bridgehead atoms. The van der Waals surface area contributed by atoms with Gasteiger partial charge in [0.1, 0.15) is 5.82 Å². The zero-order valence-corrected chi connectivity index (χ0v) is 10.7. The fourth-order valence-electron chi connectivity index (χ4n) is 2.64. The van der Waals surface area contributed by atoms with Gasteiger partial charge in [-0.05, 0) is 50.4 Å². The summed E-state index contributed by atoms with van der Waals surface area (Å²) in [7, 11) is 0.